The summed E-state index contributed by atoms with van der Waals surface area (Å²) in [5.41, 5.74) is 2.21. The average molecular weight is 233 g/mol. The van der Waals surface area contributed by atoms with Crippen molar-refractivity contribution < 1.29 is 5.11 Å². The third-order valence-corrected chi connectivity index (χ3v) is 3.66. The molecule has 1 aromatic carbocycles. The van der Waals surface area contributed by atoms with Gasteiger partial charge >= 0.3 is 0 Å². The van der Waals surface area contributed by atoms with E-state index in [2.05, 4.69) is 43.3 Å². The summed E-state index contributed by atoms with van der Waals surface area (Å²) in [6.45, 7) is 0.951. The van der Waals surface area contributed by atoms with Crippen molar-refractivity contribution in [2.75, 3.05) is 14.1 Å². The second kappa shape index (κ2) is 5.19. The van der Waals surface area contributed by atoms with E-state index in [0.717, 1.165) is 25.8 Å². The van der Waals surface area contributed by atoms with E-state index in [4.69, 9.17) is 0 Å². The molecular formula is C15H23NO. The third-order valence-electron chi connectivity index (χ3n) is 3.66. The Morgan fingerprint density at radius 3 is 2.29 bits per heavy atom. The van der Waals surface area contributed by atoms with Crippen molar-refractivity contribution in [1.82, 2.24) is 4.90 Å². The van der Waals surface area contributed by atoms with E-state index in [-0.39, 0.29) is 0 Å². The first-order chi connectivity index (χ1) is 8.09. The van der Waals surface area contributed by atoms with Gasteiger partial charge in [-0.25, -0.2) is 0 Å². The van der Waals surface area contributed by atoms with E-state index in [1.807, 2.05) is 0 Å². The minimum absolute atomic E-state index is 0.442. The monoisotopic (exact) mass is 233 g/mol. The maximum Gasteiger partial charge on any atom is 0.0688 e. The fraction of sp³-hybridized carbons (Fsp3) is 0.600. The summed E-state index contributed by atoms with van der Waals surface area (Å²) in [6.07, 6.45) is 5.09. The largest absolute Gasteiger partial charge is 0.390 e. The van der Waals surface area contributed by atoms with Crippen LogP contribution in [0.25, 0.3) is 0 Å². The predicted molar refractivity (Wildman–Crippen MR) is 71.0 cm³/mol. The van der Waals surface area contributed by atoms with Crippen molar-refractivity contribution in [2.24, 2.45) is 0 Å². The van der Waals surface area contributed by atoms with Crippen LogP contribution >= 0.6 is 0 Å². The lowest BCUT2D eigenvalue weighted by molar-refractivity contribution is 0.0478. The zero-order valence-electron chi connectivity index (χ0n) is 10.9. The Hall–Kier alpha value is -0.860. The Balaban J connectivity index is 2.14. The normalized spacial score (nSPS) is 18.8. The van der Waals surface area contributed by atoms with E-state index >= 15 is 0 Å². The highest BCUT2D eigenvalue weighted by Crippen LogP contribution is 2.33. The van der Waals surface area contributed by atoms with Gasteiger partial charge in [-0.3, -0.25) is 0 Å². The van der Waals surface area contributed by atoms with Crippen LogP contribution in [0, 0.1) is 0 Å². The number of benzene rings is 1. The Morgan fingerprint density at radius 1 is 1.12 bits per heavy atom. The molecule has 1 fully saturated rings. The molecular weight excluding hydrogens is 210 g/mol. The second-order valence-electron chi connectivity index (χ2n) is 5.61. The topological polar surface area (TPSA) is 23.5 Å². The van der Waals surface area contributed by atoms with Gasteiger partial charge in [0.2, 0.25) is 0 Å². The van der Waals surface area contributed by atoms with Gasteiger partial charge in [-0.2, -0.15) is 0 Å². The minimum Gasteiger partial charge on any atom is -0.390 e. The number of rotatable bonds is 4. The lowest BCUT2D eigenvalue weighted by Gasteiger charge is -2.24. The van der Waals surface area contributed by atoms with Gasteiger partial charge in [-0.05, 0) is 38.1 Å². The molecule has 1 aliphatic rings. The molecule has 0 aliphatic heterocycles. The molecule has 0 atom stereocenters. The van der Waals surface area contributed by atoms with Crippen LogP contribution in [0.1, 0.15) is 36.8 Å². The van der Waals surface area contributed by atoms with E-state index in [1.54, 1.807) is 0 Å². The molecule has 2 nitrogen and oxygen atoms in total. The maximum atomic E-state index is 10.5. The number of nitrogens with zero attached hydrogens (tertiary/aromatic N) is 1. The lowest BCUT2D eigenvalue weighted by atomic mass is 9.90. The van der Waals surface area contributed by atoms with Crippen molar-refractivity contribution in [3.8, 4) is 0 Å². The molecule has 0 radical (unpaired) electrons. The first-order valence-corrected chi connectivity index (χ1v) is 6.53. The smallest absolute Gasteiger partial charge is 0.0688 e. The van der Waals surface area contributed by atoms with Crippen molar-refractivity contribution in [3.05, 3.63) is 35.4 Å². The zero-order chi connectivity index (χ0) is 12.3. The Morgan fingerprint density at radius 2 is 1.71 bits per heavy atom. The van der Waals surface area contributed by atoms with Gasteiger partial charge in [0.1, 0.15) is 0 Å². The summed E-state index contributed by atoms with van der Waals surface area (Å²) in [5, 5.41) is 10.5. The highest BCUT2D eigenvalue weighted by Gasteiger charge is 2.31. The standard InChI is InChI=1S/C15H23NO/c1-16(2)12-14-8-4-3-7-13(14)11-15(17)9-5-6-10-15/h3-4,7-8,17H,5-6,9-12H2,1-2H3. The lowest BCUT2D eigenvalue weighted by Crippen LogP contribution is -2.28. The Bertz CT molecular complexity index is 367. The van der Waals surface area contributed by atoms with Crippen LogP contribution in [0.4, 0.5) is 0 Å². The number of hydrogen-bond donors (Lipinski definition) is 1. The van der Waals surface area contributed by atoms with Crippen molar-refractivity contribution in [1.29, 1.82) is 0 Å². The highest BCUT2D eigenvalue weighted by atomic mass is 16.3. The molecule has 1 aromatic rings. The second-order valence-corrected chi connectivity index (χ2v) is 5.61. The van der Waals surface area contributed by atoms with Gasteiger partial charge in [-0.15, -0.1) is 0 Å². The van der Waals surface area contributed by atoms with E-state index in [0.29, 0.717) is 0 Å². The summed E-state index contributed by atoms with van der Waals surface area (Å²) in [5.74, 6) is 0. The molecule has 1 aliphatic carbocycles. The van der Waals surface area contributed by atoms with Crippen LogP contribution in [-0.4, -0.2) is 29.7 Å². The molecule has 0 amide bonds. The molecule has 2 heteroatoms. The van der Waals surface area contributed by atoms with Gasteiger partial charge < -0.3 is 10.0 Å². The summed E-state index contributed by atoms with van der Waals surface area (Å²) in [6, 6.07) is 8.50. The quantitative estimate of drug-likeness (QED) is 0.864. The molecule has 1 saturated carbocycles. The van der Waals surface area contributed by atoms with Crippen molar-refractivity contribution in [2.45, 2.75) is 44.2 Å². The van der Waals surface area contributed by atoms with Gasteiger partial charge in [0.15, 0.2) is 0 Å². The summed E-state index contributed by atoms with van der Waals surface area (Å²) >= 11 is 0. The van der Waals surface area contributed by atoms with Crippen LogP contribution in [0.3, 0.4) is 0 Å². The van der Waals surface area contributed by atoms with Crippen LogP contribution in [0.15, 0.2) is 24.3 Å². The highest BCUT2D eigenvalue weighted by molar-refractivity contribution is 5.28. The van der Waals surface area contributed by atoms with Crippen molar-refractivity contribution >= 4 is 0 Å². The number of hydrogen-bond acceptors (Lipinski definition) is 2. The van der Waals surface area contributed by atoms with Gasteiger partial charge in [0.25, 0.3) is 0 Å². The summed E-state index contributed by atoms with van der Waals surface area (Å²) < 4.78 is 0. The van der Waals surface area contributed by atoms with Crippen LogP contribution in [-0.2, 0) is 13.0 Å². The molecule has 0 saturated heterocycles. The van der Waals surface area contributed by atoms with Crippen molar-refractivity contribution in [3.63, 3.8) is 0 Å². The molecule has 0 heterocycles. The Kier molecular flexibility index (Phi) is 3.85. The molecule has 0 spiro atoms. The van der Waals surface area contributed by atoms with Crippen LogP contribution in [0.5, 0.6) is 0 Å². The van der Waals surface area contributed by atoms with Gasteiger partial charge in [-0.1, -0.05) is 37.1 Å². The molecule has 2 rings (SSSR count). The molecule has 0 aromatic heterocycles. The third kappa shape index (κ3) is 3.30. The predicted octanol–water partition coefficient (Wildman–Crippen LogP) is 2.60. The minimum atomic E-state index is -0.442. The fourth-order valence-corrected chi connectivity index (χ4v) is 2.79. The molecule has 17 heavy (non-hydrogen) atoms. The SMILES string of the molecule is CN(C)Cc1ccccc1CC1(O)CCCC1. The molecule has 0 unspecified atom stereocenters. The number of aliphatic hydroxyl groups is 1. The van der Waals surface area contributed by atoms with Gasteiger partial charge in [0.05, 0.1) is 5.60 Å². The Labute approximate surface area is 104 Å². The van der Waals surface area contributed by atoms with E-state index in [1.165, 1.54) is 24.0 Å². The first kappa shape index (κ1) is 12.6. The molecule has 0 bridgehead atoms. The van der Waals surface area contributed by atoms with E-state index in [9.17, 15) is 5.11 Å². The molecule has 1 N–H and O–H groups in total. The molecule has 94 valence electrons. The summed E-state index contributed by atoms with van der Waals surface area (Å²) in [7, 11) is 4.17. The maximum absolute atomic E-state index is 10.5. The summed E-state index contributed by atoms with van der Waals surface area (Å²) in [4.78, 5) is 2.18. The van der Waals surface area contributed by atoms with Gasteiger partial charge in [0, 0.05) is 13.0 Å². The fourth-order valence-electron chi connectivity index (χ4n) is 2.79. The zero-order valence-corrected chi connectivity index (χ0v) is 10.9. The van der Waals surface area contributed by atoms with E-state index < -0.39 is 5.60 Å². The average Bonchev–Trinajstić information content (AvgIpc) is 2.67. The first-order valence-electron chi connectivity index (χ1n) is 6.53. The van der Waals surface area contributed by atoms with Crippen LogP contribution < -0.4 is 0 Å². The van der Waals surface area contributed by atoms with Crippen LogP contribution in [0.2, 0.25) is 0 Å².